The summed E-state index contributed by atoms with van der Waals surface area (Å²) in [5.41, 5.74) is 3.95. The minimum absolute atomic E-state index is 0.101. The second-order valence-corrected chi connectivity index (χ2v) is 7.97. The number of fused-ring (bicyclic) bond motifs is 1. The predicted octanol–water partition coefficient (Wildman–Crippen LogP) is 3.84. The van der Waals surface area contributed by atoms with Crippen molar-refractivity contribution in [3.8, 4) is 11.3 Å². The Labute approximate surface area is 163 Å². The summed E-state index contributed by atoms with van der Waals surface area (Å²) in [6.45, 7) is 3.97. The molecular formula is C19H16N4O2S2. The lowest BCUT2D eigenvalue weighted by Gasteiger charge is -2.05. The maximum Gasteiger partial charge on any atom is 0.262 e. The van der Waals surface area contributed by atoms with Gasteiger partial charge in [-0.3, -0.25) is 14.2 Å². The van der Waals surface area contributed by atoms with Gasteiger partial charge in [0, 0.05) is 10.9 Å². The molecule has 3 heterocycles. The fourth-order valence-electron chi connectivity index (χ4n) is 2.79. The third-order valence-corrected chi connectivity index (χ3v) is 5.76. The topological polar surface area (TPSA) is 76.9 Å². The van der Waals surface area contributed by atoms with Gasteiger partial charge in [-0.05, 0) is 36.9 Å². The van der Waals surface area contributed by atoms with E-state index in [0.717, 1.165) is 22.4 Å². The molecule has 1 N–H and O–H groups in total. The third kappa shape index (κ3) is 3.54. The Morgan fingerprint density at radius 2 is 2.07 bits per heavy atom. The molecule has 136 valence electrons. The molecule has 8 heteroatoms. The standard InChI is InChI=1S/C19H16N4O2S2/c1-11-3-4-12(2)14(7-11)15-9-27-19(21-15)22-16(24)8-23-10-20-17-13(18(23)25)5-6-26-17/h3-7,9-10H,8H2,1-2H3,(H,21,22,24). The minimum Gasteiger partial charge on any atom is -0.300 e. The molecule has 0 saturated heterocycles. The number of aryl methyl sites for hydroxylation is 2. The molecule has 6 nitrogen and oxygen atoms in total. The van der Waals surface area contributed by atoms with Crippen LogP contribution in [0.5, 0.6) is 0 Å². The van der Waals surface area contributed by atoms with E-state index >= 15 is 0 Å². The van der Waals surface area contributed by atoms with Crippen molar-refractivity contribution in [1.29, 1.82) is 0 Å². The minimum atomic E-state index is -0.310. The number of carbonyl (C=O) groups excluding carboxylic acids is 1. The summed E-state index contributed by atoms with van der Waals surface area (Å²) in [7, 11) is 0. The number of nitrogens with one attached hydrogen (secondary N) is 1. The normalized spacial score (nSPS) is 11.0. The van der Waals surface area contributed by atoms with Gasteiger partial charge in [0.1, 0.15) is 11.4 Å². The van der Waals surface area contributed by atoms with Gasteiger partial charge in [0.25, 0.3) is 5.56 Å². The quantitative estimate of drug-likeness (QED) is 0.569. The lowest BCUT2D eigenvalue weighted by Crippen LogP contribution is -2.27. The summed E-state index contributed by atoms with van der Waals surface area (Å²) in [6.07, 6.45) is 1.41. The molecule has 27 heavy (non-hydrogen) atoms. The highest BCUT2D eigenvalue weighted by atomic mass is 32.1. The third-order valence-electron chi connectivity index (χ3n) is 4.18. The average Bonchev–Trinajstić information content (AvgIpc) is 3.29. The molecule has 3 aromatic heterocycles. The molecule has 0 aliphatic carbocycles. The van der Waals surface area contributed by atoms with E-state index < -0.39 is 0 Å². The van der Waals surface area contributed by atoms with E-state index in [1.54, 1.807) is 6.07 Å². The van der Waals surface area contributed by atoms with Gasteiger partial charge in [-0.25, -0.2) is 9.97 Å². The lowest BCUT2D eigenvalue weighted by atomic mass is 10.0. The Morgan fingerprint density at radius 3 is 2.93 bits per heavy atom. The van der Waals surface area contributed by atoms with Gasteiger partial charge in [0.2, 0.25) is 5.91 Å². The van der Waals surface area contributed by atoms with E-state index in [-0.39, 0.29) is 18.0 Å². The van der Waals surface area contributed by atoms with Gasteiger partial charge in [0.05, 0.1) is 17.4 Å². The summed E-state index contributed by atoms with van der Waals surface area (Å²) in [5, 5.41) is 7.54. The van der Waals surface area contributed by atoms with E-state index in [1.807, 2.05) is 24.6 Å². The van der Waals surface area contributed by atoms with E-state index in [1.165, 1.54) is 33.6 Å². The Kier molecular flexibility index (Phi) is 4.59. The summed E-state index contributed by atoms with van der Waals surface area (Å²) in [6, 6.07) is 7.92. The number of hydrogen-bond acceptors (Lipinski definition) is 6. The molecule has 4 rings (SSSR count). The zero-order valence-corrected chi connectivity index (χ0v) is 16.4. The number of carbonyl (C=O) groups is 1. The molecule has 0 fully saturated rings. The number of anilines is 1. The number of thiophene rings is 1. The summed E-state index contributed by atoms with van der Waals surface area (Å²) in [5.74, 6) is -0.310. The van der Waals surface area contributed by atoms with E-state index in [9.17, 15) is 9.59 Å². The maximum atomic E-state index is 12.4. The first-order valence-electron chi connectivity index (χ1n) is 8.27. The highest BCUT2D eigenvalue weighted by Gasteiger charge is 2.12. The smallest absolute Gasteiger partial charge is 0.262 e. The Morgan fingerprint density at radius 1 is 1.22 bits per heavy atom. The van der Waals surface area contributed by atoms with Crippen molar-refractivity contribution in [2.24, 2.45) is 0 Å². The van der Waals surface area contributed by atoms with E-state index in [2.05, 4.69) is 33.5 Å². The molecular weight excluding hydrogens is 380 g/mol. The Hall–Kier alpha value is -2.84. The number of hydrogen-bond donors (Lipinski definition) is 1. The van der Waals surface area contributed by atoms with Gasteiger partial charge in [-0.2, -0.15) is 0 Å². The first kappa shape index (κ1) is 17.6. The van der Waals surface area contributed by atoms with Crippen molar-refractivity contribution in [2.75, 3.05) is 5.32 Å². The van der Waals surface area contributed by atoms with Crippen LogP contribution in [-0.4, -0.2) is 20.4 Å². The van der Waals surface area contributed by atoms with Crippen LogP contribution >= 0.6 is 22.7 Å². The first-order chi connectivity index (χ1) is 13.0. The summed E-state index contributed by atoms with van der Waals surface area (Å²) >= 11 is 2.76. The SMILES string of the molecule is Cc1ccc(C)c(-c2csc(NC(=O)Cn3cnc4sccc4c3=O)n2)c1. The second kappa shape index (κ2) is 7.05. The van der Waals surface area contributed by atoms with Crippen LogP contribution in [0.1, 0.15) is 11.1 Å². The molecule has 0 bridgehead atoms. The number of nitrogens with zero attached hydrogens (tertiary/aromatic N) is 3. The average molecular weight is 396 g/mol. The van der Waals surface area contributed by atoms with E-state index in [4.69, 9.17) is 0 Å². The van der Waals surface area contributed by atoms with Gasteiger partial charge in [-0.1, -0.05) is 17.7 Å². The van der Waals surface area contributed by atoms with Crippen LogP contribution in [0.25, 0.3) is 21.5 Å². The van der Waals surface area contributed by atoms with Crippen molar-refractivity contribution in [1.82, 2.24) is 14.5 Å². The molecule has 0 saturated carbocycles. The molecule has 1 amide bonds. The van der Waals surface area contributed by atoms with Crippen LogP contribution < -0.4 is 10.9 Å². The van der Waals surface area contributed by atoms with Crippen LogP contribution in [0, 0.1) is 13.8 Å². The van der Waals surface area contributed by atoms with Crippen LogP contribution in [0.4, 0.5) is 5.13 Å². The van der Waals surface area contributed by atoms with E-state index in [0.29, 0.717) is 15.3 Å². The zero-order chi connectivity index (χ0) is 19.0. The van der Waals surface area contributed by atoms with Crippen LogP contribution in [0.3, 0.4) is 0 Å². The van der Waals surface area contributed by atoms with Crippen LogP contribution in [0.2, 0.25) is 0 Å². The maximum absolute atomic E-state index is 12.4. The molecule has 0 unspecified atom stereocenters. The van der Waals surface area contributed by atoms with Gasteiger partial charge < -0.3 is 5.32 Å². The molecule has 0 spiro atoms. The molecule has 0 aliphatic rings. The highest BCUT2D eigenvalue weighted by molar-refractivity contribution is 7.16. The van der Waals surface area contributed by atoms with Gasteiger partial charge >= 0.3 is 0 Å². The van der Waals surface area contributed by atoms with Crippen molar-refractivity contribution in [3.05, 3.63) is 62.8 Å². The number of amides is 1. The van der Waals surface area contributed by atoms with Crippen LogP contribution in [-0.2, 0) is 11.3 Å². The van der Waals surface area contributed by atoms with Crippen molar-refractivity contribution >= 4 is 43.9 Å². The van der Waals surface area contributed by atoms with Crippen molar-refractivity contribution < 1.29 is 4.79 Å². The number of aromatic nitrogens is 3. The van der Waals surface area contributed by atoms with Crippen molar-refractivity contribution in [2.45, 2.75) is 20.4 Å². The molecule has 0 atom stereocenters. The Bertz CT molecular complexity index is 1210. The van der Waals surface area contributed by atoms with Crippen LogP contribution in [0.15, 0.2) is 46.1 Å². The highest BCUT2D eigenvalue weighted by Crippen LogP contribution is 2.28. The molecule has 0 radical (unpaired) electrons. The van der Waals surface area contributed by atoms with Gasteiger partial charge in [-0.15, -0.1) is 22.7 Å². The summed E-state index contributed by atoms with van der Waals surface area (Å²) in [4.78, 5) is 34.1. The predicted molar refractivity (Wildman–Crippen MR) is 110 cm³/mol. The number of benzene rings is 1. The fourth-order valence-corrected chi connectivity index (χ4v) is 4.24. The molecule has 4 aromatic rings. The first-order valence-corrected chi connectivity index (χ1v) is 10.0. The Balaban J connectivity index is 1.51. The van der Waals surface area contributed by atoms with Crippen molar-refractivity contribution in [3.63, 3.8) is 0 Å². The fraction of sp³-hybridized carbons (Fsp3) is 0.158. The largest absolute Gasteiger partial charge is 0.300 e. The second-order valence-electron chi connectivity index (χ2n) is 6.22. The van der Waals surface area contributed by atoms with Gasteiger partial charge in [0.15, 0.2) is 5.13 Å². The monoisotopic (exact) mass is 396 g/mol. The summed E-state index contributed by atoms with van der Waals surface area (Å²) < 4.78 is 1.31. The molecule has 0 aliphatic heterocycles. The number of thiazole rings is 1. The zero-order valence-electron chi connectivity index (χ0n) is 14.7. The lowest BCUT2D eigenvalue weighted by molar-refractivity contribution is -0.116. The number of rotatable bonds is 4. The molecule has 1 aromatic carbocycles.